The van der Waals surface area contributed by atoms with Gasteiger partial charge in [-0.25, -0.2) is 0 Å². The van der Waals surface area contributed by atoms with Crippen molar-refractivity contribution in [3.05, 3.63) is 20.3 Å². The quantitative estimate of drug-likeness (QED) is 0.669. The lowest BCUT2D eigenvalue weighted by Crippen LogP contribution is -2.20. The van der Waals surface area contributed by atoms with Crippen LogP contribution in [0.1, 0.15) is 51.1 Å². The van der Waals surface area contributed by atoms with Gasteiger partial charge in [-0.2, -0.15) is 0 Å². The van der Waals surface area contributed by atoms with Crippen molar-refractivity contribution in [1.29, 1.82) is 0 Å². The lowest BCUT2D eigenvalue weighted by molar-refractivity contribution is 0.488. The van der Waals surface area contributed by atoms with E-state index < -0.39 is 0 Å². The molecule has 0 spiro atoms. The third-order valence-corrected chi connectivity index (χ3v) is 4.12. The molecule has 1 atom stereocenters. The van der Waals surface area contributed by atoms with E-state index in [4.69, 9.17) is 23.2 Å². The summed E-state index contributed by atoms with van der Waals surface area (Å²) in [4.78, 5) is 0. The molecular weight excluding hydrogens is 261 g/mol. The van der Waals surface area contributed by atoms with Crippen molar-refractivity contribution in [2.24, 2.45) is 0 Å². The average molecular weight is 280 g/mol. The van der Waals surface area contributed by atoms with Gasteiger partial charge in [0.2, 0.25) is 0 Å². The van der Waals surface area contributed by atoms with Crippen LogP contribution in [-0.4, -0.2) is 6.54 Å². The van der Waals surface area contributed by atoms with E-state index in [1.807, 2.05) is 6.07 Å². The molecule has 0 saturated heterocycles. The highest BCUT2D eigenvalue weighted by atomic mass is 35.5. The topological polar surface area (TPSA) is 12.0 Å². The molecule has 1 N–H and O–H groups in total. The lowest BCUT2D eigenvalue weighted by atomic mass is 10.0. The number of thiophene rings is 1. The number of hydrogen-bond acceptors (Lipinski definition) is 2. The first-order valence-corrected chi connectivity index (χ1v) is 7.44. The second kappa shape index (κ2) is 7.54. The molecule has 92 valence electrons. The Morgan fingerprint density at radius 3 is 2.56 bits per heavy atom. The summed E-state index contributed by atoms with van der Waals surface area (Å²) in [5, 5.41) is 3.48. The van der Waals surface area contributed by atoms with Crippen molar-refractivity contribution >= 4 is 34.5 Å². The summed E-state index contributed by atoms with van der Waals surface area (Å²) in [6.07, 6.45) is 4.89. The van der Waals surface area contributed by atoms with Crippen LogP contribution in [0, 0.1) is 0 Å². The van der Waals surface area contributed by atoms with Gasteiger partial charge in [-0.3, -0.25) is 0 Å². The van der Waals surface area contributed by atoms with Crippen molar-refractivity contribution in [3.63, 3.8) is 0 Å². The van der Waals surface area contributed by atoms with Crippen molar-refractivity contribution in [3.8, 4) is 0 Å². The van der Waals surface area contributed by atoms with Crippen LogP contribution in [0.4, 0.5) is 0 Å². The molecule has 1 aromatic heterocycles. The van der Waals surface area contributed by atoms with E-state index in [9.17, 15) is 0 Å². The summed E-state index contributed by atoms with van der Waals surface area (Å²) in [5.41, 5.74) is 1.16. The Kier molecular flexibility index (Phi) is 6.74. The first kappa shape index (κ1) is 14.3. The molecule has 0 amide bonds. The summed E-state index contributed by atoms with van der Waals surface area (Å²) in [7, 11) is 0. The van der Waals surface area contributed by atoms with E-state index in [0.717, 1.165) is 27.2 Å². The van der Waals surface area contributed by atoms with Gasteiger partial charge in [0.15, 0.2) is 0 Å². The van der Waals surface area contributed by atoms with Gasteiger partial charge in [0, 0.05) is 11.6 Å². The van der Waals surface area contributed by atoms with E-state index in [-0.39, 0.29) is 0 Å². The number of halogens is 2. The van der Waals surface area contributed by atoms with Crippen LogP contribution in [0.25, 0.3) is 0 Å². The number of nitrogens with one attached hydrogen (secondary N) is 1. The first-order chi connectivity index (χ1) is 7.69. The van der Waals surface area contributed by atoms with Crippen LogP contribution in [-0.2, 0) is 0 Å². The highest BCUT2D eigenvalue weighted by Gasteiger charge is 2.16. The zero-order valence-corrected chi connectivity index (χ0v) is 12.2. The molecule has 0 aliphatic heterocycles. The summed E-state index contributed by atoms with van der Waals surface area (Å²) >= 11 is 13.6. The fourth-order valence-electron chi connectivity index (χ4n) is 1.80. The van der Waals surface area contributed by atoms with E-state index in [0.29, 0.717) is 6.04 Å². The monoisotopic (exact) mass is 279 g/mol. The molecule has 0 bridgehead atoms. The van der Waals surface area contributed by atoms with Gasteiger partial charge in [0.05, 0.1) is 8.67 Å². The maximum Gasteiger partial charge on any atom is 0.0991 e. The van der Waals surface area contributed by atoms with Crippen LogP contribution < -0.4 is 5.32 Å². The van der Waals surface area contributed by atoms with Crippen LogP contribution in [0.3, 0.4) is 0 Å². The van der Waals surface area contributed by atoms with E-state index in [1.54, 1.807) is 0 Å². The minimum absolute atomic E-state index is 0.354. The van der Waals surface area contributed by atoms with Gasteiger partial charge in [0.1, 0.15) is 0 Å². The fourth-order valence-corrected chi connectivity index (χ4v) is 3.38. The molecule has 0 aliphatic carbocycles. The van der Waals surface area contributed by atoms with Crippen molar-refractivity contribution in [1.82, 2.24) is 5.32 Å². The molecule has 0 saturated carbocycles. The van der Waals surface area contributed by atoms with Gasteiger partial charge < -0.3 is 5.32 Å². The molecule has 1 unspecified atom stereocenters. The standard InChI is InChI=1S/C12H19Cl2NS/c1-3-5-6-7-10(15-4-2)9-8-11(13)16-12(9)14/h8,10,15H,3-7H2,1-2H3. The van der Waals surface area contributed by atoms with Gasteiger partial charge in [-0.15, -0.1) is 11.3 Å². The van der Waals surface area contributed by atoms with Crippen LogP contribution in [0.5, 0.6) is 0 Å². The van der Waals surface area contributed by atoms with E-state index >= 15 is 0 Å². The number of rotatable bonds is 7. The third-order valence-electron chi connectivity index (χ3n) is 2.61. The predicted molar refractivity (Wildman–Crippen MR) is 74.9 cm³/mol. The molecule has 1 nitrogen and oxygen atoms in total. The number of hydrogen-bond donors (Lipinski definition) is 1. The molecule has 0 aromatic carbocycles. The zero-order chi connectivity index (χ0) is 12.0. The lowest BCUT2D eigenvalue weighted by Gasteiger charge is -2.17. The second-order valence-electron chi connectivity index (χ2n) is 3.89. The Morgan fingerprint density at radius 1 is 1.31 bits per heavy atom. The normalized spacial score (nSPS) is 13.0. The van der Waals surface area contributed by atoms with Gasteiger partial charge >= 0.3 is 0 Å². The predicted octanol–water partition coefficient (Wildman–Crippen LogP) is 5.29. The molecular formula is C12H19Cl2NS. The molecule has 4 heteroatoms. The molecule has 1 aromatic rings. The Labute approximate surface area is 112 Å². The van der Waals surface area contributed by atoms with Gasteiger partial charge in [-0.1, -0.05) is 56.3 Å². The van der Waals surface area contributed by atoms with E-state index in [2.05, 4.69) is 19.2 Å². The van der Waals surface area contributed by atoms with Gasteiger partial charge in [-0.05, 0) is 19.0 Å². The largest absolute Gasteiger partial charge is 0.310 e. The zero-order valence-electron chi connectivity index (χ0n) is 9.85. The van der Waals surface area contributed by atoms with Crippen molar-refractivity contribution in [2.75, 3.05) is 6.54 Å². The minimum atomic E-state index is 0.354. The third kappa shape index (κ3) is 4.25. The summed E-state index contributed by atoms with van der Waals surface area (Å²) in [6, 6.07) is 2.35. The number of unbranched alkanes of at least 4 members (excludes halogenated alkanes) is 2. The molecule has 16 heavy (non-hydrogen) atoms. The Morgan fingerprint density at radius 2 is 2.06 bits per heavy atom. The molecule has 1 heterocycles. The summed E-state index contributed by atoms with van der Waals surface area (Å²) < 4.78 is 1.60. The molecule has 0 radical (unpaired) electrons. The first-order valence-electron chi connectivity index (χ1n) is 5.87. The van der Waals surface area contributed by atoms with Gasteiger partial charge in [0.25, 0.3) is 0 Å². The smallest absolute Gasteiger partial charge is 0.0991 e. The van der Waals surface area contributed by atoms with Crippen molar-refractivity contribution < 1.29 is 0 Å². The van der Waals surface area contributed by atoms with Crippen LogP contribution >= 0.6 is 34.5 Å². The van der Waals surface area contributed by atoms with Crippen LogP contribution in [0.15, 0.2) is 6.07 Å². The van der Waals surface area contributed by atoms with E-state index in [1.165, 1.54) is 30.6 Å². The SMILES string of the molecule is CCCCCC(NCC)c1cc(Cl)sc1Cl. The maximum absolute atomic E-state index is 6.18. The fraction of sp³-hybridized carbons (Fsp3) is 0.667. The molecule has 0 aliphatic rings. The Hall–Kier alpha value is 0.240. The second-order valence-corrected chi connectivity index (χ2v) is 6.17. The maximum atomic E-state index is 6.18. The Bertz CT molecular complexity index is 312. The summed E-state index contributed by atoms with van der Waals surface area (Å²) in [6.45, 7) is 5.30. The van der Waals surface area contributed by atoms with Crippen molar-refractivity contribution in [2.45, 2.75) is 45.6 Å². The Balaban J connectivity index is 2.64. The molecule has 1 rings (SSSR count). The highest BCUT2D eigenvalue weighted by molar-refractivity contribution is 7.20. The highest BCUT2D eigenvalue weighted by Crippen LogP contribution is 2.36. The van der Waals surface area contributed by atoms with Crippen LogP contribution in [0.2, 0.25) is 8.67 Å². The minimum Gasteiger partial charge on any atom is -0.310 e. The average Bonchev–Trinajstić information content (AvgIpc) is 2.57. The summed E-state index contributed by atoms with van der Waals surface area (Å²) in [5.74, 6) is 0. The molecule has 0 fully saturated rings.